The maximum Gasteiger partial charge on any atom is 0.121 e. The van der Waals surface area contributed by atoms with Crippen LogP contribution in [0.25, 0.3) is 0 Å². The smallest absolute Gasteiger partial charge is 0.121 e. The first-order valence-corrected chi connectivity index (χ1v) is 6.39. The fourth-order valence-electron chi connectivity index (χ4n) is 1.86. The zero-order valence-electron chi connectivity index (χ0n) is 10.4. The first-order chi connectivity index (χ1) is 8.40. The highest BCUT2D eigenvalue weighted by atomic mass is 15.7. The van der Waals surface area contributed by atoms with E-state index in [2.05, 4.69) is 27.4 Å². The van der Waals surface area contributed by atoms with Gasteiger partial charge in [0.1, 0.15) is 12.2 Å². The predicted octanol–water partition coefficient (Wildman–Crippen LogP) is 1.91. The predicted molar refractivity (Wildman–Crippen MR) is 68.1 cm³/mol. The van der Waals surface area contributed by atoms with Crippen molar-refractivity contribution in [3.8, 4) is 0 Å². The molecule has 0 radical (unpaired) electrons. The molecule has 0 atom stereocenters. The van der Waals surface area contributed by atoms with Gasteiger partial charge in [-0.2, -0.15) is 0 Å². The molecule has 0 saturated carbocycles. The van der Waals surface area contributed by atoms with E-state index in [0.717, 1.165) is 38.4 Å². The van der Waals surface area contributed by atoms with Crippen molar-refractivity contribution in [3.05, 3.63) is 0 Å². The maximum absolute atomic E-state index is 4.47. The van der Waals surface area contributed by atoms with Gasteiger partial charge in [-0.1, -0.05) is 19.8 Å². The molecule has 0 saturated heterocycles. The van der Waals surface area contributed by atoms with Crippen LogP contribution >= 0.6 is 0 Å². The molecule has 0 fully saturated rings. The summed E-state index contributed by atoms with van der Waals surface area (Å²) in [6, 6.07) is 0. The molecule has 0 aromatic rings. The van der Waals surface area contributed by atoms with Crippen LogP contribution in [-0.4, -0.2) is 48.4 Å². The van der Waals surface area contributed by atoms with E-state index in [0.29, 0.717) is 0 Å². The Kier molecular flexibility index (Phi) is 4.46. The Labute approximate surface area is 102 Å². The Balaban J connectivity index is 1.79. The minimum absolute atomic E-state index is 0.816. The molecule has 0 unspecified atom stereocenters. The molecule has 17 heavy (non-hydrogen) atoms. The Morgan fingerprint density at radius 3 is 2.94 bits per heavy atom. The summed E-state index contributed by atoms with van der Waals surface area (Å²) in [5.41, 5.74) is 0. The second kappa shape index (κ2) is 6.32. The number of hydrogen-bond acceptors (Lipinski definition) is 4. The molecule has 0 spiro atoms. The number of rotatable bonds is 6. The molecule has 2 heterocycles. The topological polar surface area (TPSA) is 55.9 Å². The largest absolute Gasteiger partial charge is 0.272 e. The Morgan fingerprint density at radius 2 is 2.18 bits per heavy atom. The maximum atomic E-state index is 4.47. The molecule has 2 aliphatic heterocycles. The molecule has 0 aromatic carbocycles. The van der Waals surface area contributed by atoms with Gasteiger partial charge in [-0.15, -0.1) is 0 Å². The van der Waals surface area contributed by atoms with Crippen LogP contribution in [0.15, 0.2) is 20.4 Å². The number of aliphatic imine (C=N–C) groups is 2. The molecule has 0 bridgehead atoms. The van der Waals surface area contributed by atoms with E-state index in [9.17, 15) is 0 Å². The van der Waals surface area contributed by atoms with E-state index in [1.807, 2.05) is 5.01 Å². The highest BCUT2D eigenvalue weighted by molar-refractivity contribution is 5.83. The van der Waals surface area contributed by atoms with Crippen molar-refractivity contribution in [2.24, 2.45) is 20.4 Å². The summed E-state index contributed by atoms with van der Waals surface area (Å²) in [6.07, 6.45) is 6.42. The van der Waals surface area contributed by atoms with Crippen LogP contribution in [0.4, 0.5) is 0 Å². The van der Waals surface area contributed by atoms with Crippen LogP contribution in [0.2, 0.25) is 0 Å². The van der Waals surface area contributed by atoms with Crippen molar-refractivity contribution in [3.63, 3.8) is 0 Å². The number of amidine groups is 1. The molecule has 0 amide bonds. The number of nitrogens with zero attached hydrogens (tertiary/aromatic N) is 6. The lowest BCUT2D eigenvalue weighted by Gasteiger charge is -2.13. The van der Waals surface area contributed by atoms with Gasteiger partial charge in [-0.05, 0) is 16.9 Å². The second-order valence-electron chi connectivity index (χ2n) is 4.24. The molecule has 94 valence electrons. The minimum atomic E-state index is 0.816. The van der Waals surface area contributed by atoms with Gasteiger partial charge in [0.25, 0.3) is 0 Å². The molecule has 6 nitrogen and oxygen atoms in total. The normalized spacial score (nSPS) is 19.7. The van der Waals surface area contributed by atoms with Gasteiger partial charge in [-0.3, -0.25) is 9.98 Å². The number of unbranched alkanes of at least 4 members (excludes halogenated alkanes) is 2. The molecular formula is C11H20N6. The van der Waals surface area contributed by atoms with Crippen molar-refractivity contribution in [2.45, 2.75) is 32.6 Å². The average molecular weight is 236 g/mol. The van der Waals surface area contributed by atoms with Gasteiger partial charge >= 0.3 is 0 Å². The SMILES string of the molecule is CCCCCC1=NCCN1N=NN1C=NCC1. The Bertz CT molecular complexity index is 322. The zero-order chi connectivity index (χ0) is 11.9. The lowest BCUT2D eigenvalue weighted by molar-refractivity contribution is 0.362. The van der Waals surface area contributed by atoms with Crippen LogP contribution in [-0.2, 0) is 0 Å². The van der Waals surface area contributed by atoms with Crippen LogP contribution in [0.3, 0.4) is 0 Å². The van der Waals surface area contributed by atoms with Gasteiger partial charge in [0.2, 0.25) is 0 Å². The second-order valence-corrected chi connectivity index (χ2v) is 4.24. The lowest BCUT2D eigenvalue weighted by atomic mass is 10.2. The van der Waals surface area contributed by atoms with Gasteiger partial charge in [0, 0.05) is 6.42 Å². The summed E-state index contributed by atoms with van der Waals surface area (Å²) in [5, 5.41) is 12.0. The van der Waals surface area contributed by atoms with E-state index in [1.165, 1.54) is 19.3 Å². The fraction of sp³-hybridized carbons (Fsp3) is 0.818. The van der Waals surface area contributed by atoms with Crippen molar-refractivity contribution < 1.29 is 0 Å². The summed E-state index contributed by atoms with van der Waals surface area (Å²) >= 11 is 0. The summed E-state index contributed by atoms with van der Waals surface area (Å²) in [5.74, 6) is 1.08. The van der Waals surface area contributed by atoms with Crippen molar-refractivity contribution in [1.82, 2.24) is 10.0 Å². The van der Waals surface area contributed by atoms with Crippen molar-refractivity contribution in [1.29, 1.82) is 0 Å². The minimum Gasteiger partial charge on any atom is -0.272 e. The molecular weight excluding hydrogens is 216 g/mol. The van der Waals surface area contributed by atoms with E-state index in [4.69, 9.17) is 0 Å². The first-order valence-electron chi connectivity index (χ1n) is 6.39. The molecule has 0 aliphatic carbocycles. The standard InChI is InChI=1S/C11H20N6/c1-2-3-4-5-11-13-7-9-17(11)15-14-16-8-6-12-10-16/h10H,2-9H2,1H3. The average Bonchev–Trinajstić information content (AvgIpc) is 2.97. The number of hydrogen-bond donors (Lipinski definition) is 0. The van der Waals surface area contributed by atoms with Crippen LogP contribution in [0, 0.1) is 0 Å². The van der Waals surface area contributed by atoms with Crippen LogP contribution in [0.5, 0.6) is 0 Å². The fourth-order valence-corrected chi connectivity index (χ4v) is 1.86. The molecule has 2 rings (SSSR count). The highest BCUT2D eigenvalue weighted by Crippen LogP contribution is 2.11. The first kappa shape index (κ1) is 12.0. The van der Waals surface area contributed by atoms with Crippen molar-refractivity contribution in [2.75, 3.05) is 26.2 Å². The van der Waals surface area contributed by atoms with Crippen LogP contribution in [0.1, 0.15) is 32.6 Å². The monoisotopic (exact) mass is 236 g/mol. The van der Waals surface area contributed by atoms with Gasteiger partial charge in [0.05, 0.1) is 26.2 Å². The van der Waals surface area contributed by atoms with Crippen molar-refractivity contribution >= 4 is 12.2 Å². The van der Waals surface area contributed by atoms with E-state index < -0.39 is 0 Å². The van der Waals surface area contributed by atoms with E-state index in [-0.39, 0.29) is 0 Å². The third-order valence-electron chi connectivity index (χ3n) is 2.84. The highest BCUT2D eigenvalue weighted by Gasteiger charge is 2.16. The van der Waals surface area contributed by atoms with E-state index >= 15 is 0 Å². The van der Waals surface area contributed by atoms with Gasteiger partial charge in [0.15, 0.2) is 0 Å². The lowest BCUT2D eigenvalue weighted by Crippen LogP contribution is -2.23. The quantitative estimate of drug-likeness (QED) is 0.522. The zero-order valence-corrected chi connectivity index (χ0v) is 10.4. The molecule has 0 aromatic heterocycles. The van der Waals surface area contributed by atoms with Crippen LogP contribution < -0.4 is 0 Å². The third kappa shape index (κ3) is 3.51. The molecule has 2 aliphatic rings. The molecule has 6 heteroatoms. The molecule has 0 N–H and O–H groups in total. The Hall–Kier alpha value is -1.46. The van der Waals surface area contributed by atoms with Gasteiger partial charge in [-0.25, -0.2) is 10.0 Å². The summed E-state index contributed by atoms with van der Waals surface area (Å²) in [7, 11) is 0. The summed E-state index contributed by atoms with van der Waals surface area (Å²) in [6.45, 7) is 5.56. The summed E-state index contributed by atoms with van der Waals surface area (Å²) < 4.78 is 0. The van der Waals surface area contributed by atoms with E-state index in [1.54, 1.807) is 11.3 Å². The van der Waals surface area contributed by atoms with Gasteiger partial charge < -0.3 is 0 Å². The third-order valence-corrected chi connectivity index (χ3v) is 2.84. The Morgan fingerprint density at radius 1 is 1.24 bits per heavy atom. The summed E-state index contributed by atoms with van der Waals surface area (Å²) in [4.78, 5) is 8.56.